The Balaban J connectivity index is 0.00000961. The highest BCUT2D eigenvalue weighted by atomic mass is 19.4. The first kappa shape index (κ1) is 50.7. The molecule has 1 saturated carbocycles. The van der Waals surface area contributed by atoms with Crippen LogP contribution in [0.1, 0.15) is 32.8 Å². The zero-order valence-corrected chi connectivity index (χ0v) is 31.5. The molecule has 1 aliphatic carbocycles. The molecule has 21 heteroatoms. The van der Waals surface area contributed by atoms with Crippen LogP contribution >= 0.6 is 0 Å². The summed E-state index contributed by atoms with van der Waals surface area (Å²) >= 11 is 0. The van der Waals surface area contributed by atoms with Crippen molar-refractivity contribution >= 4 is 17.9 Å². The Kier molecular flexibility index (Phi) is 16.9. The fraction of sp³-hybridized carbons (Fsp3) is 0.641. The maximum Gasteiger partial charge on any atom is 0.460 e. The molecule has 5 unspecified atom stereocenters. The van der Waals surface area contributed by atoms with Gasteiger partial charge in [-0.25, -0.2) is 0 Å². The lowest BCUT2D eigenvalue weighted by atomic mass is 9.82. The molecule has 7 atom stereocenters. The molecule has 0 bridgehead atoms. The third kappa shape index (κ3) is 9.99. The SMILES string of the molecule is C.CCO/C=C\C1CC(/C=C/C2OC(/C=C\c3ccccc3)[C@@H]3C(=O)N(CCOCCOCCOC)C(=O)[C@H]23)CC1C(F)(F)C(F)(F)C(F)(F)C(F)(F)C(F)(F)C(F)(F)F. The van der Waals surface area contributed by atoms with E-state index in [0.717, 1.165) is 23.3 Å². The second-order valence-corrected chi connectivity index (χ2v) is 14.0. The Labute approximate surface area is 337 Å². The molecule has 1 aromatic rings. The Hall–Kier alpha value is -3.69. The molecule has 340 valence electrons. The number of alkyl halides is 13. The van der Waals surface area contributed by atoms with Crippen molar-refractivity contribution in [3.63, 3.8) is 0 Å². The van der Waals surface area contributed by atoms with Crippen LogP contribution in [0.25, 0.3) is 6.08 Å². The lowest BCUT2D eigenvalue weighted by Crippen LogP contribution is -2.71. The summed E-state index contributed by atoms with van der Waals surface area (Å²) in [5.41, 5.74) is 0.688. The van der Waals surface area contributed by atoms with Gasteiger partial charge in [-0.2, -0.15) is 57.1 Å². The van der Waals surface area contributed by atoms with Gasteiger partial charge in [-0.05, 0) is 43.2 Å². The van der Waals surface area contributed by atoms with Crippen molar-refractivity contribution in [1.29, 1.82) is 0 Å². The summed E-state index contributed by atoms with van der Waals surface area (Å²) in [6.07, 6.45) is -4.75. The van der Waals surface area contributed by atoms with Crippen molar-refractivity contribution < 1.29 is 90.3 Å². The standard InChI is InChI=1S/C38H42F13NO7.CH4/c1-3-56-15-13-25-21-24(22-26(25)33(39,40)34(41,42)35(43,44)36(45,46)37(47,48)38(49,50)51)10-12-28-30-29(27(59-28)11-9-23-7-5-4-6-8-23)31(53)52(32(30)54)14-16-57-19-20-58-18-17-55-2;/h4-13,15,24-30H,3,14,16-22H2,1-2H3;1H4/b11-9-,12-10+,15-13-;/t24?,25?,26?,27?,28?,29-,30+;/m0./s1. The van der Waals surface area contributed by atoms with Crippen LogP contribution in [0.2, 0.25) is 0 Å². The largest absolute Gasteiger partial charge is 0.502 e. The molecule has 2 aliphatic heterocycles. The molecular formula is C39H46F13NO7. The van der Waals surface area contributed by atoms with Crippen molar-refractivity contribution in [2.24, 2.45) is 29.6 Å². The summed E-state index contributed by atoms with van der Waals surface area (Å²) < 4.78 is 210. The number of rotatable bonds is 21. The van der Waals surface area contributed by atoms with Gasteiger partial charge in [0.2, 0.25) is 11.8 Å². The number of imide groups is 1. The second kappa shape index (κ2) is 20.0. The van der Waals surface area contributed by atoms with Gasteiger partial charge >= 0.3 is 35.8 Å². The first-order valence-corrected chi connectivity index (χ1v) is 18.3. The highest BCUT2D eigenvalue weighted by Gasteiger charge is 2.91. The summed E-state index contributed by atoms with van der Waals surface area (Å²) in [7, 11) is 1.49. The molecule has 3 fully saturated rings. The molecule has 0 radical (unpaired) electrons. The lowest BCUT2D eigenvalue weighted by Gasteiger charge is -2.42. The number of ether oxygens (including phenoxy) is 5. The zero-order chi connectivity index (χ0) is 44.0. The van der Waals surface area contributed by atoms with Crippen LogP contribution < -0.4 is 0 Å². The molecule has 8 nitrogen and oxygen atoms in total. The van der Waals surface area contributed by atoms with Crippen LogP contribution in [0.15, 0.2) is 60.9 Å². The molecule has 1 aromatic carbocycles. The minimum Gasteiger partial charge on any atom is -0.502 e. The van der Waals surface area contributed by atoms with Crippen LogP contribution in [0.3, 0.4) is 0 Å². The van der Waals surface area contributed by atoms with Crippen LogP contribution in [0, 0.1) is 29.6 Å². The van der Waals surface area contributed by atoms with Crippen LogP contribution in [-0.2, 0) is 33.3 Å². The number of hydrogen-bond acceptors (Lipinski definition) is 7. The van der Waals surface area contributed by atoms with E-state index in [1.54, 1.807) is 36.4 Å². The summed E-state index contributed by atoms with van der Waals surface area (Å²) in [6, 6.07) is 8.67. The molecule has 0 spiro atoms. The minimum absolute atomic E-state index is 0. The molecule has 2 heterocycles. The number of benzene rings is 1. The van der Waals surface area contributed by atoms with E-state index in [-0.39, 0.29) is 40.4 Å². The minimum atomic E-state index is -8.02. The lowest BCUT2D eigenvalue weighted by molar-refractivity contribution is -0.443. The van der Waals surface area contributed by atoms with Gasteiger partial charge in [0.05, 0.1) is 76.5 Å². The van der Waals surface area contributed by atoms with Crippen molar-refractivity contribution in [1.82, 2.24) is 4.90 Å². The summed E-state index contributed by atoms with van der Waals surface area (Å²) in [5, 5.41) is 0. The topological polar surface area (TPSA) is 83.5 Å². The van der Waals surface area contributed by atoms with Crippen molar-refractivity contribution in [2.45, 2.75) is 75.2 Å². The van der Waals surface area contributed by atoms with E-state index >= 15 is 8.78 Å². The number of allylic oxidation sites excluding steroid dienone is 2. The first-order chi connectivity index (χ1) is 27.5. The van der Waals surface area contributed by atoms with Crippen LogP contribution in [-0.4, -0.2) is 118 Å². The van der Waals surface area contributed by atoms with Gasteiger partial charge in [0.25, 0.3) is 0 Å². The number of amides is 2. The average Bonchev–Trinajstić information content (AvgIpc) is 3.83. The van der Waals surface area contributed by atoms with Crippen molar-refractivity contribution in [2.75, 3.05) is 53.3 Å². The molecular weight excluding hydrogens is 841 g/mol. The van der Waals surface area contributed by atoms with E-state index in [0.29, 0.717) is 18.8 Å². The quantitative estimate of drug-likeness (QED) is 0.0401. The van der Waals surface area contributed by atoms with Crippen LogP contribution in [0.4, 0.5) is 57.1 Å². The zero-order valence-electron chi connectivity index (χ0n) is 31.5. The van der Waals surface area contributed by atoms with Gasteiger partial charge in [0, 0.05) is 13.0 Å². The van der Waals surface area contributed by atoms with Crippen molar-refractivity contribution in [3.05, 3.63) is 66.5 Å². The molecule has 60 heavy (non-hydrogen) atoms. The molecule has 2 saturated heterocycles. The van der Waals surface area contributed by atoms with E-state index < -0.39 is 102 Å². The number of halogens is 13. The number of nitrogens with zero attached hydrogens (tertiary/aromatic N) is 1. The fourth-order valence-electron chi connectivity index (χ4n) is 7.19. The van der Waals surface area contributed by atoms with Gasteiger partial charge in [-0.3, -0.25) is 14.5 Å². The fourth-order valence-corrected chi connectivity index (χ4v) is 7.19. The van der Waals surface area contributed by atoms with E-state index in [1.165, 1.54) is 26.2 Å². The smallest absolute Gasteiger partial charge is 0.460 e. The highest BCUT2D eigenvalue weighted by molar-refractivity contribution is 6.06. The van der Waals surface area contributed by atoms with E-state index in [4.69, 9.17) is 23.7 Å². The Morgan fingerprint density at radius 1 is 0.700 bits per heavy atom. The Morgan fingerprint density at radius 2 is 1.25 bits per heavy atom. The maximum atomic E-state index is 15.6. The Morgan fingerprint density at radius 3 is 1.82 bits per heavy atom. The van der Waals surface area contributed by atoms with E-state index in [1.807, 2.05) is 0 Å². The second-order valence-electron chi connectivity index (χ2n) is 14.0. The number of methoxy groups -OCH3 is 1. The molecule has 3 aliphatic rings. The molecule has 2 amide bonds. The molecule has 0 aromatic heterocycles. The number of likely N-dealkylation sites (tertiary alicyclic amines) is 1. The number of fused-ring (bicyclic) bond motifs is 1. The predicted molar refractivity (Wildman–Crippen MR) is 188 cm³/mol. The highest BCUT2D eigenvalue weighted by Crippen LogP contribution is 2.63. The third-order valence-corrected chi connectivity index (χ3v) is 10.3. The third-order valence-electron chi connectivity index (χ3n) is 10.3. The van der Waals surface area contributed by atoms with E-state index in [9.17, 15) is 57.9 Å². The van der Waals surface area contributed by atoms with E-state index in [2.05, 4.69) is 0 Å². The summed E-state index contributed by atoms with van der Waals surface area (Å²) in [4.78, 5) is 28.2. The normalized spacial score (nSPS) is 25.9. The first-order valence-electron chi connectivity index (χ1n) is 18.3. The van der Waals surface area contributed by atoms with Gasteiger partial charge < -0.3 is 23.7 Å². The molecule has 0 N–H and O–H groups in total. The van der Waals surface area contributed by atoms with Crippen molar-refractivity contribution in [3.8, 4) is 0 Å². The van der Waals surface area contributed by atoms with Crippen LogP contribution in [0.5, 0.6) is 0 Å². The number of carbonyl (C=O) groups is 2. The maximum absolute atomic E-state index is 15.6. The van der Waals surface area contributed by atoms with Gasteiger partial charge in [0.1, 0.15) is 0 Å². The average molecular weight is 888 g/mol. The Bertz CT molecular complexity index is 1660. The summed E-state index contributed by atoms with van der Waals surface area (Å²) in [6.45, 7) is 2.03. The van der Waals surface area contributed by atoms with Gasteiger partial charge in [-0.1, -0.05) is 62.1 Å². The monoisotopic (exact) mass is 887 g/mol. The number of carbonyl (C=O) groups excluding carboxylic acids is 2. The van der Waals surface area contributed by atoms with Gasteiger partial charge in [-0.15, -0.1) is 0 Å². The summed E-state index contributed by atoms with van der Waals surface area (Å²) in [5.74, 6) is -47.4. The predicted octanol–water partition coefficient (Wildman–Crippen LogP) is 8.87. The van der Waals surface area contributed by atoms with Gasteiger partial charge in [0.15, 0.2) is 0 Å². The number of hydrogen-bond donors (Lipinski definition) is 0. The molecule has 4 rings (SSSR count).